The molecule has 0 spiro atoms. The lowest BCUT2D eigenvalue weighted by atomic mass is 10.1. The van der Waals surface area contributed by atoms with Crippen molar-refractivity contribution in [2.45, 2.75) is 36.8 Å². The lowest BCUT2D eigenvalue weighted by Crippen LogP contribution is -2.45. The average Bonchev–Trinajstić information content (AvgIpc) is 2.39. The zero-order valence-corrected chi connectivity index (χ0v) is 11.9. The van der Waals surface area contributed by atoms with E-state index in [0.717, 1.165) is 32.5 Å². The third kappa shape index (κ3) is 4.75. The minimum atomic E-state index is -4.16. The molecule has 0 aromatic rings. The van der Waals surface area contributed by atoms with Crippen molar-refractivity contribution in [1.82, 2.24) is 9.80 Å². The van der Waals surface area contributed by atoms with Gasteiger partial charge in [0, 0.05) is 19.1 Å². The van der Waals surface area contributed by atoms with E-state index in [1.165, 1.54) is 0 Å². The molecule has 102 valence electrons. The van der Waals surface area contributed by atoms with Crippen molar-refractivity contribution >= 4 is 15.9 Å². The summed E-state index contributed by atoms with van der Waals surface area (Å²) >= 11 is 2.75. The second kappa shape index (κ2) is 6.38. The molecule has 1 aliphatic rings. The van der Waals surface area contributed by atoms with Crippen molar-refractivity contribution in [2.24, 2.45) is 0 Å². The van der Waals surface area contributed by atoms with Gasteiger partial charge in [-0.3, -0.25) is 4.90 Å². The second-order valence-electron chi connectivity index (χ2n) is 4.68. The average molecular weight is 317 g/mol. The van der Waals surface area contributed by atoms with Crippen molar-refractivity contribution in [1.29, 1.82) is 0 Å². The van der Waals surface area contributed by atoms with Gasteiger partial charge in [0.1, 0.15) is 4.83 Å². The van der Waals surface area contributed by atoms with Gasteiger partial charge in [0.25, 0.3) is 0 Å². The first-order chi connectivity index (χ1) is 7.84. The molecular weight excluding hydrogens is 297 g/mol. The number of likely N-dealkylation sites (N-methyl/N-ethyl adjacent to an activating group) is 1. The van der Waals surface area contributed by atoms with Gasteiger partial charge >= 0.3 is 6.18 Å². The Hall–Kier alpha value is 0.190. The summed E-state index contributed by atoms with van der Waals surface area (Å²) in [5, 5.41) is 0. The SMILES string of the molecule is CCC1CN(C)CCCN1CC(Br)C(F)(F)F. The van der Waals surface area contributed by atoms with Crippen LogP contribution in [-0.2, 0) is 0 Å². The molecule has 0 aromatic carbocycles. The molecule has 6 heteroatoms. The molecule has 0 N–H and O–H groups in total. The van der Waals surface area contributed by atoms with E-state index in [1.54, 1.807) is 0 Å². The third-order valence-electron chi connectivity index (χ3n) is 3.25. The van der Waals surface area contributed by atoms with Crippen LogP contribution in [0.1, 0.15) is 19.8 Å². The highest BCUT2D eigenvalue weighted by atomic mass is 79.9. The van der Waals surface area contributed by atoms with Gasteiger partial charge in [-0.05, 0) is 33.0 Å². The summed E-state index contributed by atoms with van der Waals surface area (Å²) in [6.45, 7) is 4.66. The number of hydrogen-bond acceptors (Lipinski definition) is 2. The molecule has 0 bridgehead atoms. The van der Waals surface area contributed by atoms with E-state index in [2.05, 4.69) is 20.8 Å². The quantitative estimate of drug-likeness (QED) is 0.739. The van der Waals surface area contributed by atoms with Crippen molar-refractivity contribution < 1.29 is 13.2 Å². The van der Waals surface area contributed by atoms with Crippen LogP contribution in [0.2, 0.25) is 0 Å². The molecule has 1 saturated heterocycles. The monoisotopic (exact) mass is 316 g/mol. The standard InChI is InChI=1S/C11H20BrF3N2/c1-3-9-7-16(2)5-4-6-17(9)8-10(12)11(13,14)15/h9-10H,3-8H2,1-2H3. The molecule has 2 unspecified atom stereocenters. The second-order valence-corrected chi connectivity index (χ2v) is 5.79. The molecule has 2 nitrogen and oxygen atoms in total. The highest BCUT2D eigenvalue weighted by Gasteiger charge is 2.39. The molecule has 0 aliphatic carbocycles. The fraction of sp³-hybridized carbons (Fsp3) is 1.00. The van der Waals surface area contributed by atoms with E-state index in [9.17, 15) is 13.2 Å². The van der Waals surface area contributed by atoms with Crippen molar-refractivity contribution in [3.8, 4) is 0 Å². The zero-order chi connectivity index (χ0) is 13.1. The van der Waals surface area contributed by atoms with Crippen LogP contribution in [0.4, 0.5) is 13.2 Å². The first kappa shape index (κ1) is 15.2. The van der Waals surface area contributed by atoms with Gasteiger partial charge in [-0.15, -0.1) is 0 Å². The van der Waals surface area contributed by atoms with Crippen LogP contribution < -0.4 is 0 Å². The van der Waals surface area contributed by atoms with Gasteiger partial charge in [0.15, 0.2) is 0 Å². The molecule has 1 rings (SSSR count). The minimum Gasteiger partial charge on any atom is -0.305 e. The smallest absolute Gasteiger partial charge is 0.305 e. The lowest BCUT2D eigenvalue weighted by molar-refractivity contribution is -0.131. The first-order valence-electron chi connectivity index (χ1n) is 5.98. The highest BCUT2D eigenvalue weighted by molar-refractivity contribution is 9.09. The summed E-state index contributed by atoms with van der Waals surface area (Å²) in [5.41, 5.74) is 0. The Balaban J connectivity index is 2.60. The number of alkyl halides is 4. The molecule has 0 saturated carbocycles. The van der Waals surface area contributed by atoms with Crippen LogP contribution >= 0.6 is 15.9 Å². The molecular formula is C11H20BrF3N2. The van der Waals surface area contributed by atoms with Gasteiger partial charge in [-0.2, -0.15) is 13.2 Å². The van der Waals surface area contributed by atoms with Crippen molar-refractivity contribution in [2.75, 3.05) is 33.2 Å². The molecule has 17 heavy (non-hydrogen) atoms. The maximum Gasteiger partial charge on any atom is 0.402 e. The van der Waals surface area contributed by atoms with Crippen LogP contribution in [0.5, 0.6) is 0 Å². The Morgan fingerprint density at radius 1 is 1.35 bits per heavy atom. The van der Waals surface area contributed by atoms with E-state index in [-0.39, 0.29) is 12.6 Å². The van der Waals surface area contributed by atoms with Gasteiger partial charge in [-0.1, -0.05) is 22.9 Å². The summed E-state index contributed by atoms with van der Waals surface area (Å²) in [7, 11) is 2.03. The summed E-state index contributed by atoms with van der Waals surface area (Å²) in [6.07, 6.45) is -2.33. The van der Waals surface area contributed by atoms with Crippen LogP contribution in [0, 0.1) is 0 Å². The topological polar surface area (TPSA) is 6.48 Å². The van der Waals surface area contributed by atoms with Gasteiger partial charge in [0.05, 0.1) is 0 Å². The fourth-order valence-electron chi connectivity index (χ4n) is 2.23. The van der Waals surface area contributed by atoms with Crippen LogP contribution in [0.3, 0.4) is 0 Å². The van der Waals surface area contributed by atoms with E-state index in [0.29, 0.717) is 0 Å². The van der Waals surface area contributed by atoms with Crippen molar-refractivity contribution in [3.63, 3.8) is 0 Å². The normalized spacial score (nSPS) is 26.8. The van der Waals surface area contributed by atoms with Crippen LogP contribution in [0.25, 0.3) is 0 Å². The Kier molecular flexibility index (Phi) is 5.73. The van der Waals surface area contributed by atoms with E-state index in [4.69, 9.17) is 0 Å². The number of nitrogens with zero attached hydrogens (tertiary/aromatic N) is 2. The van der Waals surface area contributed by atoms with Gasteiger partial charge < -0.3 is 4.90 Å². The Labute approximate surface area is 109 Å². The molecule has 1 fully saturated rings. The molecule has 0 aromatic heterocycles. The van der Waals surface area contributed by atoms with Crippen molar-refractivity contribution in [3.05, 3.63) is 0 Å². The fourth-order valence-corrected chi connectivity index (χ4v) is 2.60. The van der Waals surface area contributed by atoms with Crippen LogP contribution in [0.15, 0.2) is 0 Å². The predicted octanol–water partition coefficient (Wildman–Crippen LogP) is 2.73. The first-order valence-corrected chi connectivity index (χ1v) is 6.89. The molecule has 1 heterocycles. The number of rotatable bonds is 3. The zero-order valence-electron chi connectivity index (χ0n) is 10.3. The molecule has 0 amide bonds. The van der Waals surface area contributed by atoms with Crippen LogP contribution in [-0.4, -0.2) is 60.1 Å². The third-order valence-corrected chi connectivity index (χ3v) is 4.05. The highest BCUT2D eigenvalue weighted by Crippen LogP contribution is 2.28. The molecule has 0 radical (unpaired) electrons. The number of halogens is 4. The van der Waals surface area contributed by atoms with E-state index >= 15 is 0 Å². The number of hydrogen-bond donors (Lipinski definition) is 0. The largest absolute Gasteiger partial charge is 0.402 e. The summed E-state index contributed by atoms with van der Waals surface area (Å²) in [4.78, 5) is 2.74. The molecule has 2 atom stereocenters. The maximum absolute atomic E-state index is 12.5. The van der Waals surface area contributed by atoms with Gasteiger partial charge in [0.2, 0.25) is 0 Å². The van der Waals surface area contributed by atoms with Gasteiger partial charge in [-0.25, -0.2) is 0 Å². The minimum absolute atomic E-state index is 0.0514. The summed E-state index contributed by atoms with van der Waals surface area (Å²) in [6, 6.07) is 0.227. The maximum atomic E-state index is 12.5. The van der Waals surface area contributed by atoms with E-state index in [1.807, 2.05) is 18.9 Å². The summed E-state index contributed by atoms with van der Waals surface area (Å²) in [5.74, 6) is 0. The Morgan fingerprint density at radius 3 is 2.53 bits per heavy atom. The Morgan fingerprint density at radius 2 is 2.00 bits per heavy atom. The summed E-state index contributed by atoms with van der Waals surface area (Å²) < 4.78 is 37.6. The molecule has 1 aliphatic heterocycles. The van der Waals surface area contributed by atoms with E-state index < -0.39 is 11.0 Å². The Bertz CT molecular complexity index is 235. The lowest BCUT2D eigenvalue weighted by Gasteiger charge is -2.32. The predicted molar refractivity (Wildman–Crippen MR) is 66.5 cm³/mol.